The molecule has 1 nitrogen and oxygen atoms in total. The lowest BCUT2D eigenvalue weighted by Gasteiger charge is -2.09. The molecule has 0 aliphatic carbocycles. The van der Waals surface area contributed by atoms with Gasteiger partial charge in [-0.2, -0.15) is 0 Å². The van der Waals surface area contributed by atoms with Crippen LogP contribution in [-0.4, -0.2) is 11.2 Å². The van der Waals surface area contributed by atoms with Crippen molar-refractivity contribution in [1.82, 2.24) is 0 Å². The summed E-state index contributed by atoms with van der Waals surface area (Å²) in [6.45, 7) is 2.09. The predicted octanol–water partition coefficient (Wildman–Crippen LogP) is 3.59. The van der Waals surface area contributed by atoms with Crippen LogP contribution >= 0.6 is 11.3 Å². The van der Waals surface area contributed by atoms with Crippen LogP contribution in [0.1, 0.15) is 22.4 Å². The standard InChI is InChI=1S/C15H18OS/c1-12-4-6-13(7-5-12)8-9-14(16)11-15-3-2-10-17-15/h2-7,10,14,16H,8-9,11H2,1H3. The number of thiophene rings is 1. The van der Waals surface area contributed by atoms with E-state index < -0.39 is 0 Å². The van der Waals surface area contributed by atoms with Crippen LogP contribution in [0.2, 0.25) is 0 Å². The monoisotopic (exact) mass is 246 g/mol. The first-order valence-electron chi connectivity index (χ1n) is 6.00. The van der Waals surface area contributed by atoms with Crippen LogP contribution in [0.15, 0.2) is 41.8 Å². The zero-order valence-electron chi connectivity index (χ0n) is 10.1. The maximum Gasteiger partial charge on any atom is 0.0591 e. The molecule has 1 aromatic heterocycles. The third-order valence-corrected chi connectivity index (χ3v) is 3.80. The van der Waals surface area contributed by atoms with Gasteiger partial charge >= 0.3 is 0 Å². The molecule has 0 saturated carbocycles. The van der Waals surface area contributed by atoms with Gasteiger partial charge in [-0.25, -0.2) is 0 Å². The van der Waals surface area contributed by atoms with E-state index in [2.05, 4.69) is 42.6 Å². The zero-order chi connectivity index (χ0) is 12.1. The van der Waals surface area contributed by atoms with Crippen molar-refractivity contribution in [2.24, 2.45) is 0 Å². The van der Waals surface area contributed by atoms with Crippen LogP contribution in [0, 0.1) is 6.92 Å². The van der Waals surface area contributed by atoms with Crippen molar-refractivity contribution < 1.29 is 5.11 Å². The lowest BCUT2D eigenvalue weighted by molar-refractivity contribution is 0.166. The molecule has 1 heterocycles. The number of hydrogen-bond donors (Lipinski definition) is 1. The van der Waals surface area contributed by atoms with E-state index in [4.69, 9.17) is 0 Å². The van der Waals surface area contributed by atoms with Gasteiger partial charge in [0.1, 0.15) is 0 Å². The Labute approximate surface area is 107 Å². The van der Waals surface area contributed by atoms with Gasteiger partial charge in [-0.05, 0) is 36.8 Å². The lowest BCUT2D eigenvalue weighted by atomic mass is 10.0. The quantitative estimate of drug-likeness (QED) is 0.854. The molecule has 0 aliphatic heterocycles. The smallest absolute Gasteiger partial charge is 0.0591 e. The molecule has 1 atom stereocenters. The molecule has 90 valence electrons. The minimum atomic E-state index is -0.227. The summed E-state index contributed by atoms with van der Waals surface area (Å²) in [5.74, 6) is 0. The molecule has 17 heavy (non-hydrogen) atoms. The molecule has 0 spiro atoms. The highest BCUT2D eigenvalue weighted by atomic mass is 32.1. The summed E-state index contributed by atoms with van der Waals surface area (Å²) in [6, 6.07) is 12.7. The Morgan fingerprint density at radius 2 is 1.94 bits per heavy atom. The van der Waals surface area contributed by atoms with E-state index in [9.17, 15) is 5.11 Å². The molecule has 0 amide bonds. The molecule has 2 heteroatoms. The van der Waals surface area contributed by atoms with Crippen molar-refractivity contribution in [3.63, 3.8) is 0 Å². The summed E-state index contributed by atoms with van der Waals surface area (Å²) in [6.07, 6.45) is 2.34. The molecule has 2 aromatic rings. The SMILES string of the molecule is Cc1ccc(CCC(O)Cc2cccs2)cc1. The Morgan fingerprint density at radius 1 is 1.18 bits per heavy atom. The van der Waals surface area contributed by atoms with Crippen molar-refractivity contribution in [2.45, 2.75) is 32.3 Å². The van der Waals surface area contributed by atoms with Gasteiger partial charge in [0.2, 0.25) is 0 Å². The lowest BCUT2D eigenvalue weighted by Crippen LogP contribution is -2.10. The first kappa shape index (κ1) is 12.3. The van der Waals surface area contributed by atoms with Crippen LogP contribution in [0.3, 0.4) is 0 Å². The zero-order valence-corrected chi connectivity index (χ0v) is 10.9. The molecule has 0 aliphatic rings. The fraction of sp³-hybridized carbons (Fsp3) is 0.333. The van der Waals surface area contributed by atoms with Crippen LogP contribution in [0.5, 0.6) is 0 Å². The third kappa shape index (κ3) is 3.99. The number of hydrogen-bond acceptors (Lipinski definition) is 2. The number of benzene rings is 1. The van der Waals surface area contributed by atoms with Gasteiger partial charge in [0.15, 0.2) is 0 Å². The normalized spacial score (nSPS) is 12.6. The molecule has 1 unspecified atom stereocenters. The Kier molecular flexibility index (Phi) is 4.35. The van der Waals surface area contributed by atoms with Gasteiger partial charge in [0, 0.05) is 11.3 Å². The Morgan fingerprint density at radius 3 is 2.59 bits per heavy atom. The minimum Gasteiger partial charge on any atom is -0.393 e. The van der Waals surface area contributed by atoms with Gasteiger partial charge in [-0.1, -0.05) is 35.9 Å². The van der Waals surface area contributed by atoms with Crippen LogP contribution in [-0.2, 0) is 12.8 Å². The van der Waals surface area contributed by atoms with Gasteiger partial charge < -0.3 is 5.11 Å². The average Bonchev–Trinajstić information content (AvgIpc) is 2.81. The Balaban J connectivity index is 1.79. The third-order valence-electron chi connectivity index (χ3n) is 2.90. The van der Waals surface area contributed by atoms with Crippen molar-refractivity contribution >= 4 is 11.3 Å². The number of aliphatic hydroxyl groups excluding tert-OH is 1. The van der Waals surface area contributed by atoms with E-state index in [1.165, 1.54) is 16.0 Å². The molecule has 0 radical (unpaired) electrons. The Bertz CT molecular complexity index is 430. The van der Waals surface area contributed by atoms with Crippen molar-refractivity contribution in [1.29, 1.82) is 0 Å². The maximum absolute atomic E-state index is 9.94. The first-order valence-corrected chi connectivity index (χ1v) is 6.88. The second kappa shape index (κ2) is 5.99. The molecule has 2 rings (SSSR count). The molecule has 1 aromatic carbocycles. The van der Waals surface area contributed by atoms with E-state index in [0.717, 1.165) is 19.3 Å². The largest absolute Gasteiger partial charge is 0.393 e. The van der Waals surface area contributed by atoms with Crippen molar-refractivity contribution in [3.05, 3.63) is 57.8 Å². The summed E-state index contributed by atoms with van der Waals surface area (Å²) in [4.78, 5) is 1.27. The molecule has 0 fully saturated rings. The molecular weight excluding hydrogens is 228 g/mol. The van der Waals surface area contributed by atoms with E-state index >= 15 is 0 Å². The van der Waals surface area contributed by atoms with Crippen LogP contribution in [0.25, 0.3) is 0 Å². The summed E-state index contributed by atoms with van der Waals surface area (Å²) in [7, 11) is 0. The summed E-state index contributed by atoms with van der Waals surface area (Å²) in [5, 5.41) is 12.0. The van der Waals surface area contributed by atoms with E-state index in [1.807, 2.05) is 6.07 Å². The van der Waals surface area contributed by atoms with E-state index in [0.29, 0.717) is 0 Å². The van der Waals surface area contributed by atoms with Gasteiger partial charge in [0.25, 0.3) is 0 Å². The van der Waals surface area contributed by atoms with Crippen molar-refractivity contribution in [3.8, 4) is 0 Å². The van der Waals surface area contributed by atoms with E-state index in [1.54, 1.807) is 11.3 Å². The topological polar surface area (TPSA) is 20.2 Å². The van der Waals surface area contributed by atoms with Crippen LogP contribution < -0.4 is 0 Å². The second-order valence-corrected chi connectivity index (χ2v) is 5.49. The summed E-state index contributed by atoms with van der Waals surface area (Å²) >= 11 is 1.71. The van der Waals surface area contributed by atoms with Gasteiger partial charge in [0.05, 0.1) is 6.10 Å². The van der Waals surface area contributed by atoms with Gasteiger partial charge in [-0.15, -0.1) is 11.3 Å². The molecule has 1 N–H and O–H groups in total. The average molecular weight is 246 g/mol. The first-order chi connectivity index (χ1) is 8.24. The van der Waals surface area contributed by atoms with Crippen molar-refractivity contribution in [2.75, 3.05) is 0 Å². The van der Waals surface area contributed by atoms with Crippen LogP contribution in [0.4, 0.5) is 0 Å². The maximum atomic E-state index is 9.94. The number of aryl methyl sites for hydroxylation is 2. The highest BCUT2D eigenvalue weighted by molar-refractivity contribution is 7.09. The molecule has 0 saturated heterocycles. The number of aliphatic hydroxyl groups is 1. The predicted molar refractivity (Wildman–Crippen MR) is 73.5 cm³/mol. The molecular formula is C15H18OS. The van der Waals surface area contributed by atoms with E-state index in [-0.39, 0.29) is 6.10 Å². The molecule has 0 bridgehead atoms. The second-order valence-electron chi connectivity index (χ2n) is 4.46. The summed E-state index contributed by atoms with van der Waals surface area (Å²) < 4.78 is 0. The fourth-order valence-corrected chi connectivity index (χ4v) is 2.63. The van der Waals surface area contributed by atoms with Gasteiger partial charge in [-0.3, -0.25) is 0 Å². The summed E-state index contributed by atoms with van der Waals surface area (Å²) in [5.41, 5.74) is 2.59. The minimum absolute atomic E-state index is 0.227. The number of rotatable bonds is 5. The Hall–Kier alpha value is -1.12. The fourth-order valence-electron chi connectivity index (χ4n) is 1.85. The highest BCUT2D eigenvalue weighted by Crippen LogP contribution is 2.14. The highest BCUT2D eigenvalue weighted by Gasteiger charge is 2.06.